The van der Waals surface area contributed by atoms with E-state index in [4.69, 9.17) is 23.2 Å². The number of hydrogen-bond donors (Lipinski definition) is 1. The van der Waals surface area contributed by atoms with E-state index < -0.39 is 40.3 Å². The fourth-order valence-electron chi connectivity index (χ4n) is 3.82. The van der Waals surface area contributed by atoms with Crippen LogP contribution in [0.5, 0.6) is 0 Å². The molecule has 8 nitrogen and oxygen atoms in total. The number of nitrogens with one attached hydrogen (secondary N) is 1. The summed E-state index contributed by atoms with van der Waals surface area (Å²) in [6, 6.07) is 9.58. The molecular weight excluding hydrogens is 513 g/mol. The molecule has 0 saturated carbocycles. The molecule has 188 valence electrons. The highest BCUT2D eigenvalue weighted by Crippen LogP contribution is 2.31. The van der Waals surface area contributed by atoms with Gasteiger partial charge in [0.2, 0.25) is 11.8 Å². The maximum atomic E-state index is 13.6. The molecule has 3 amide bonds. The van der Waals surface area contributed by atoms with Crippen LogP contribution >= 0.6 is 23.2 Å². The number of halogens is 2. The third-order valence-electron chi connectivity index (χ3n) is 5.97. The lowest BCUT2D eigenvalue weighted by atomic mass is 10.1. The maximum absolute atomic E-state index is 13.6. The second kappa shape index (κ2) is 11.0. The Morgan fingerprint density at radius 1 is 1.03 bits per heavy atom. The predicted octanol–water partition coefficient (Wildman–Crippen LogP) is 3.86. The summed E-state index contributed by atoms with van der Waals surface area (Å²) in [5.74, 6) is -1.91. The Kier molecular flexibility index (Phi) is 8.46. The minimum atomic E-state index is -4.21. The van der Waals surface area contributed by atoms with E-state index in [9.17, 15) is 22.8 Å². The van der Waals surface area contributed by atoms with E-state index in [-0.39, 0.29) is 29.5 Å². The van der Waals surface area contributed by atoms with E-state index in [0.29, 0.717) is 26.3 Å². The van der Waals surface area contributed by atoms with Crippen molar-refractivity contribution in [2.45, 2.75) is 57.1 Å². The molecule has 2 aromatic carbocycles. The summed E-state index contributed by atoms with van der Waals surface area (Å²) in [5.41, 5.74) is 0.417. The number of hydrogen-bond acceptors (Lipinski definition) is 5. The number of carbonyl (C=O) groups excluding carboxylic acids is 3. The summed E-state index contributed by atoms with van der Waals surface area (Å²) in [6.45, 7) is 4.60. The molecule has 0 bridgehead atoms. The van der Waals surface area contributed by atoms with Crippen LogP contribution in [0.4, 0.5) is 0 Å². The molecule has 2 aromatic rings. The minimum absolute atomic E-state index is 0.00236. The Balaban J connectivity index is 1.97. The van der Waals surface area contributed by atoms with Gasteiger partial charge in [-0.1, -0.05) is 55.2 Å². The molecule has 0 unspecified atom stereocenters. The van der Waals surface area contributed by atoms with Crippen molar-refractivity contribution < 1.29 is 22.8 Å². The molecule has 1 N–H and O–H groups in total. The van der Waals surface area contributed by atoms with Crippen LogP contribution in [-0.4, -0.2) is 54.0 Å². The Labute approximate surface area is 215 Å². The van der Waals surface area contributed by atoms with Crippen molar-refractivity contribution in [1.82, 2.24) is 14.5 Å². The lowest BCUT2D eigenvalue weighted by Gasteiger charge is -2.32. The van der Waals surface area contributed by atoms with Gasteiger partial charge < -0.3 is 10.2 Å². The molecule has 11 heteroatoms. The van der Waals surface area contributed by atoms with Crippen molar-refractivity contribution in [3.05, 3.63) is 63.6 Å². The molecule has 2 atom stereocenters. The van der Waals surface area contributed by atoms with Crippen molar-refractivity contribution >= 4 is 50.9 Å². The lowest BCUT2D eigenvalue weighted by molar-refractivity contribution is -0.141. The lowest BCUT2D eigenvalue weighted by Crippen LogP contribution is -2.53. The van der Waals surface area contributed by atoms with Crippen LogP contribution in [0.2, 0.25) is 10.0 Å². The fraction of sp³-hybridized carbons (Fsp3) is 0.375. The average molecular weight is 540 g/mol. The molecule has 0 aliphatic carbocycles. The van der Waals surface area contributed by atoms with Gasteiger partial charge >= 0.3 is 0 Å². The highest BCUT2D eigenvalue weighted by atomic mass is 35.5. The quantitative estimate of drug-likeness (QED) is 0.520. The van der Waals surface area contributed by atoms with E-state index >= 15 is 0 Å². The first kappa shape index (κ1) is 27.0. The van der Waals surface area contributed by atoms with Crippen LogP contribution in [0.3, 0.4) is 0 Å². The number of benzene rings is 2. The van der Waals surface area contributed by atoms with Crippen LogP contribution in [0.15, 0.2) is 47.4 Å². The van der Waals surface area contributed by atoms with E-state index in [0.717, 1.165) is 0 Å². The van der Waals surface area contributed by atoms with Crippen LogP contribution in [-0.2, 0) is 26.2 Å². The van der Waals surface area contributed by atoms with Gasteiger partial charge in [0.05, 0.1) is 5.56 Å². The van der Waals surface area contributed by atoms with Gasteiger partial charge in [0, 0.05) is 28.2 Å². The normalized spacial score (nSPS) is 15.9. The highest BCUT2D eigenvalue weighted by Gasteiger charge is 2.43. The molecule has 1 aliphatic rings. The summed E-state index contributed by atoms with van der Waals surface area (Å²) in [4.78, 5) is 40.6. The van der Waals surface area contributed by atoms with Crippen molar-refractivity contribution in [1.29, 1.82) is 0 Å². The van der Waals surface area contributed by atoms with Gasteiger partial charge in [-0.3, -0.25) is 14.4 Å². The van der Waals surface area contributed by atoms with E-state index in [2.05, 4.69) is 5.32 Å². The number of nitrogens with zero attached hydrogens (tertiary/aromatic N) is 2. The largest absolute Gasteiger partial charge is 0.352 e. The smallest absolute Gasteiger partial charge is 0.269 e. The van der Waals surface area contributed by atoms with E-state index in [1.807, 2.05) is 13.8 Å². The van der Waals surface area contributed by atoms with Crippen molar-refractivity contribution in [2.75, 3.05) is 6.54 Å². The van der Waals surface area contributed by atoms with Gasteiger partial charge in [0.25, 0.3) is 15.9 Å². The number of rotatable bonds is 9. The first-order valence-corrected chi connectivity index (χ1v) is 13.4. The molecule has 0 spiro atoms. The van der Waals surface area contributed by atoms with Gasteiger partial charge in [-0.15, -0.1) is 0 Å². The van der Waals surface area contributed by atoms with Gasteiger partial charge in [-0.2, -0.15) is 0 Å². The Hall–Kier alpha value is -2.62. The van der Waals surface area contributed by atoms with E-state index in [1.54, 1.807) is 31.2 Å². The molecule has 0 fully saturated rings. The van der Waals surface area contributed by atoms with Gasteiger partial charge in [-0.25, -0.2) is 12.7 Å². The highest BCUT2D eigenvalue weighted by molar-refractivity contribution is 7.90. The van der Waals surface area contributed by atoms with Crippen molar-refractivity contribution in [3.8, 4) is 0 Å². The standard InChI is InChI=1S/C24H27Cl2N3O5S/c1-4-15(3)27-23(31)20(5-2)28(13-17-18(25)10-8-11-19(17)26)22(30)14-29-24(32)16-9-6-7-12-21(16)35(29,33)34/h6-12,15,20H,4-5,13-14H2,1-3H3,(H,27,31)/t15-,20+/m1/s1. The van der Waals surface area contributed by atoms with Crippen molar-refractivity contribution in [2.24, 2.45) is 0 Å². The zero-order chi connectivity index (χ0) is 25.9. The van der Waals surface area contributed by atoms with Gasteiger partial charge in [0.15, 0.2) is 0 Å². The number of amides is 3. The zero-order valence-corrected chi connectivity index (χ0v) is 22.0. The minimum Gasteiger partial charge on any atom is -0.352 e. The number of carbonyl (C=O) groups is 3. The Bertz CT molecular complexity index is 1230. The SMILES string of the molecule is CC[C@@H](C)NC(=O)[C@H](CC)N(Cc1c(Cl)cccc1Cl)C(=O)CN1C(=O)c2ccccc2S1(=O)=O. The predicted molar refractivity (Wildman–Crippen MR) is 134 cm³/mol. The molecule has 3 rings (SSSR count). The van der Waals surface area contributed by atoms with Crippen LogP contribution < -0.4 is 5.32 Å². The Morgan fingerprint density at radius 2 is 1.66 bits per heavy atom. The molecule has 35 heavy (non-hydrogen) atoms. The Morgan fingerprint density at radius 3 is 2.23 bits per heavy atom. The average Bonchev–Trinajstić information content (AvgIpc) is 3.01. The monoisotopic (exact) mass is 539 g/mol. The topological polar surface area (TPSA) is 104 Å². The number of sulfonamides is 1. The summed E-state index contributed by atoms with van der Waals surface area (Å²) in [6.07, 6.45) is 0.933. The first-order valence-electron chi connectivity index (χ1n) is 11.2. The van der Waals surface area contributed by atoms with Crippen LogP contribution in [0.25, 0.3) is 0 Å². The molecule has 0 aromatic heterocycles. The third-order valence-corrected chi connectivity index (χ3v) is 8.46. The molecule has 1 heterocycles. The zero-order valence-electron chi connectivity index (χ0n) is 19.6. The molecule has 1 aliphatic heterocycles. The van der Waals surface area contributed by atoms with Crippen LogP contribution in [0, 0.1) is 0 Å². The fourth-order valence-corrected chi connectivity index (χ4v) is 5.85. The van der Waals surface area contributed by atoms with Crippen LogP contribution in [0.1, 0.15) is 49.5 Å². The molecular formula is C24H27Cl2N3O5S. The molecule has 0 radical (unpaired) electrons. The summed E-state index contributed by atoms with van der Waals surface area (Å²) in [7, 11) is -4.21. The van der Waals surface area contributed by atoms with E-state index in [1.165, 1.54) is 23.1 Å². The maximum Gasteiger partial charge on any atom is 0.269 e. The van der Waals surface area contributed by atoms with Crippen molar-refractivity contribution in [3.63, 3.8) is 0 Å². The van der Waals surface area contributed by atoms with Gasteiger partial charge in [0.1, 0.15) is 17.5 Å². The van der Waals surface area contributed by atoms with Gasteiger partial charge in [-0.05, 0) is 44.0 Å². The summed E-state index contributed by atoms with van der Waals surface area (Å²) in [5, 5.41) is 3.46. The number of fused-ring (bicyclic) bond motifs is 1. The summed E-state index contributed by atoms with van der Waals surface area (Å²) < 4.78 is 26.5. The second-order valence-corrected chi connectivity index (χ2v) is 10.9. The molecule has 0 saturated heterocycles. The summed E-state index contributed by atoms with van der Waals surface area (Å²) >= 11 is 12.7. The first-order chi connectivity index (χ1) is 16.5. The third kappa shape index (κ3) is 5.47. The second-order valence-electron chi connectivity index (χ2n) is 8.28.